The number of anilines is 1. The van der Waals surface area contributed by atoms with Crippen LogP contribution in [0.25, 0.3) is 0 Å². The molecule has 1 heterocycles. The molecule has 2 rings (SSSR count). The summed E-state index contributed by atoms with van der Waals surface area (Å²) in [4.78, 5) is 64.9. The number of amides is 2. The van der Waals surface area contributed by atoms with Crippen LogP contribution in [0.1, 0.15) is 34.6 Å². The molecule has 0 radical (unpaired) electrons. The Bertz CT molecular complexity index is 1010. The van der Waals surface area contributed by atoms with E-state index in [9.17, 15) is 24.0 Å². The van der Waals surface area contributed by atoms with E-state index in [0.29, 0.717) is 5.69 Å². The van der Waals surface area contributed by atoms with Crippen LogP contribution in [0.3, 0.4) is 0 Å². The Balaban J connectivity index is 2.43. The van der Waals surface area contributed by atoms with Gasteiger partial charge in [0.1, 0.15) is 12.3 Å². The topological polar surface area (TPSA) is 168 Å². The van der Waals surface area contributed by atoms with Gasteiger partial charge in [-0.15, -0.1) is 0 Å². The first-order chi connectivity index (χ1) is 17.0. The molecule has 13 heteroatoms. The fourth-order valence-electron chi connectivity index (χ4n) is 2.97. The molecule has 0 aliphatic carbocycles. The van der Waals surface area contributed by atoms with Crippen molar-refractivity contribution in [1.82, 2.24) is 10.8 Å². The van der Waals surface area contributed by atoms with Crippen LogP contribution in [-0.4, -0.2) is 54.8 Å². The van der Waals surface area contributed by atoms with Crippen LogP contribution in [0.4, 0.5) is 10.5 Å². The Morgan fingerprint density at radius 3 is 2.11 bits per heavy atom. The quantitative estimate of drug-likeness (QED) is 0.252. The molecule has 2 amide bonds. The molecule has 1 aromatic carbocycles. The maximum Gasteiger partial charge on any atom is 0.436 e. The van der Waals surface area contributed by atoms with Crippen LogP contribution in [0.2, 0.25) is 0 Å². The van der Waals surface area contributed by atoms with Gasteiger partial charge in [0.05, 0.1) is 0 Å². The van der Waals surface area contributed by atoms with Gasteiger partial charge in [-0.05, 0) is 12.1 Å². The van der Waals surface area contributed by atoms with Crippen LogP contribution in [0.15, 0.2) is 41.9 Å². The fraction of sp³-hybridized carbons (Fsp3) is 0.435. The molecular formula is C23H29N3O10. The Morgan fingerprint density at radius 2 is 1.56 bits per heavy atom. The van der Waals surface area contributed by atoms with Gasteiger partial charge >= 0.3 is 24.0 Å². The predicted octanol–water partition coefficient (Wildman–Crippen LogP) is 1.51. The van der Waals surface area contributed by atoms with E-state index in [1.54, 1.807) is 44.2 Å². The highest BCUT2D eigenvalue weighted by Gasteiger charge is 2.46. The Morgan fingerprint density at radius 1 is 0.917 bits per heavy atom. The molecule has 1 aromatic rings. The summed E-state index contributed by atoms with van der Waals surface area (Å²) >= 11 is 0. The first-order valence-corrected chi connectivity index (χ1v) is 11.0. The van der Waals surface area contributed by atoms with Gasteiger partial charge < -0.3 is 29.1 Å². The summed E-state index contributed by atoms with van der Waals surface area (Å²) in [6.45, 7) is 6.20. The van der Waals surface area contributed by atoms with Gasteiger partial charge in [-0.25, -0.2) is 4.79 Å². The van der Waals surface area contributed by atoms with E-state index in [-0.39, 0.29) is 11.6 Å². The Labute approximate surface area is 207 Å². The monoisotopic (exact) mass is 507 g/mol. The van der Waals surface area contributed by atoms with Crippen molar-refractivity contribution in [2.45, 2.75) is 52.9 Å². The molecule has 0 saturated heterocycles. The predicted molar refractivity (Wildman–Crippen MR) is 122 cm³/mol. The van der Waals surface area contributed by atoms with Gasteiger partial charge in [-0.2, -0.15) is 5.48 Å². The molecular weight excluding hydrogens is 478 g/mol. The minimum Gasteiger partial charge on any atom is -0.465 e. The van der Waals surface area contributed by atoms with Gasteiger partial charge in [0.2, 0.25) is 11.8 Å². The average Bonchev–Trinajstić information content (AvgIpc) is 2.79. The molecule has 0 unspecified atom stereocenters. The number of hydrogen-bond donors (Lipinski definition) is 3. The van der Waals surface area contributed by atoms with Crippen molar-refractivity contribution in [2.24, 2.45) is 5.92 Å². The smallest absolute Gasteiger partial charge is 0.436 e. The van der Waals surface area contributed by atoms with Crippen molar-refractivity contribution in [1.29, 1.82) is 0 Å². The van der Waals surface area contributed by atoms with Crippen LogP contribution in [0, 0.1) is 5.92 Å². The van der Waals surface area contributed by atoms with Crippen LogP contribution >= 0.6 is 0 Å². The summed E-state index contributed by atoms with van der Waals surface area (Å²) in [5.74, 6) is -3.52. The van der Waals surface area contributed by atoms with Gasteiger partial charge in [0.15, 0.2) is 18.3 Å². The SMILES string of the molecule is CC(=O)OC[C@H]1OC(NOC(=O)Nc2ccccc2)=C(NC(=O)C(C)C)[C@@H](OC(C)=O)[C@@H]1OC(C)=O. The molecule has 196 valence electrons. The second-order valence-corrected chi connectivity index (χ2v) is 7.93. The minimum atomic E-state index is -1.41. The van der Waals surface area contributed by atoms with Gasteiger partial charge in [-0.3, -0.25) is 24.5 Å². The third-order valence-electron chi connectivity index (χ3n) is 4.55. The van der Waals surface area contributed by atoms with Crippen molar-refractivity contribution in [2.75, 3.05) is 11.9 Å². The standard InChI is InChI=1S/C23H29N3O10/c1-12(2)21(30)25-18-20(34-15(5)29)19(33-14(4)28)17(11-32-13(3)27)35-22(18)26-36-23(31)24-16-9-7-6-8-10-16/h6-10,12,17,19-20,26H,11H2,1-5H3,(H,24,31)(H,25,30)/t17-,19-,20-/m1/s1. The average molecular weight is 507 g/mol. The lowest BCUT2D eigenvalue weighted by atomic mass is 10.0. The molecule has 36 heavy (non-hydrogen) atoms. The number of hydroxylamine groups is 1. The van der Waals surface area contributed by atoms with Gasteiger partial charge in [0.25, 0.3) is 0 Å². The zero-order valence-corrected chi connectivity index (χ0v) is 20.5. The van der Waals surface area contributed by atoms with Crippen LogP contribution < -0.4 is 16.1 Å². The Kier molecular flexibility index (Phi) is 10.1. The highest BCUT2D eigenvalue weighted by molar-refractivity contribution is 5.84. The highest BCUT2D eigenvalue weighted by atomic mass is 16.7. The third kappa shape index (κ3) is 8.49. The Hall–Kier alpha value is -4.29. The second-order valence-electron chi connectivity index (χ2n) is 7.93. The van der Waals surface area contributed by atoms with E-state index in [1.807, 2.05) is 0 Å². The fourth-order valence-corrected chi connectivity index (χ4v) is 2.97. The molecule has 0 spiro atoms. The first-order valence-electron chi connectivity index (χ1n) is 11.0. The van der Waals surface area contributed by atoms with Crippen molar-refractivity contribution in [3.05, 3.63) is 41.9 Å². The number of para-hydroxylation sites is 1. The normalized spacial score (nSPS) is 18.9. The number of rotatable bonds is 9. The molecule has 3 atom stereocenters. The second kappa shape index (κ2) is 13.0. The molecule has 0 bridgehead atoms. The van der Waals surface area contributed by atoms with E-state index < -0.39 is 60.7 Å². The minimum absolute atomic E-state index is 0.179. The van der Waals surface area contributed by atoms with E-state index in [2.05, 4.69) is 16.1 Å². The van der Waals surface area contributed by atoms with Crippen molar-refractivity contribution in [3.63, 3.8) is 0 Å². The molecule has 1 aliphatic heterocycles. The lowest BCUT2D eigenvalue weighted by Gasteiger charge is -2.38. The van der Waals surface area contributed by atoms with E-state index in [4.69, 9.17) is 23.8 Å². The van der Waals surface area contributed by atoms with Crippen LogP contribution in [-0.2, 0) is 43.0 Å². The van der Waals surface area contributed by atoms with Gasteiger partial charge in [-0.1, -0.05) is 32.0 Å². The van der Waals surface area contributed by atoms with Crippen LogP contribution in [0.5, 0.6) is 0 Å². The summed E-state index contributed by atoms with van der Waals surface area (Å²) in [5, 5.41) is 5.02. The lowest BCUT2D eigenvalue weighted by Crippen LogP contribution is -2.55. The first kappa shape index (κ1) is 28.0. The number of carbonyl (C=O) groups is 5. The largest absolute Gasteiger partial charge is 0.465 e. The molecule has 0 aromatic heterocycles. The van der Waals surface area contributed by atoms with Crippen molar-refractivity contribution in [3.8, 4) is 0 Å². The van der Waals surface area contributed by atoms with Crippen molar-refractivity contribution < 1.29 is 47.8 Å². The van der Waals surface area contributed by atoms with E-state index in [0.717, 1.165) is 20.8 Å². The third-order valence-corrected chi connectivity index (χ3v) is 4.55. The summed E-state index contributed by atoms with van der Waals surface area (Å²) in [7, 11) is 0. The summed E-state index contributed by atoms with van der Waals surface area (Å²) in [6.07, 6.45) is -4.87. The zero-order chi connectivity index (χ0) is 26.8. The molecule has 0 fully saturated rings. The summed E-state index contributed by atoms with van der Waals surface area (Å²) in [6, 6.07) is 8.42. The summed E-state index contributed by atoms with van der Waals surface area (Å²) < 4.78 is 21.4. The number of carbonyl (C=O) groups excluding carboxylic acids is 5. The zero-order valence-electron chi connectivity index (χ0n) is 20.5. The van der Waals surface area contributed by atoms with E-state index >= 15 is 0 Å². The highest BCUT2D eigenvalue weighted by Crippen LogP contribution is 2.28. The maximum atomic E-state index is 12.5. The number of ether oxygens (including phenoxy) is 4. The molecule has 13 nitrogen and oxygen atoms in total. The van der Waals surface area contributed by atoms with Gasteiger partial charge in [0, 0.05) is 32.4 Å². The maximum absolute atomic E-state index is 12.5. The molecule has 0 saturated carbocycles. The number of hydrogen-bond acceptors (Lipinski definition) is 11. The summed E-state index contributed by atoms with van der Waals surface area (Å²) in [5.41, 5.74) is 2.55. The van der Waals surface area contributed by atoms with Crippen molar-refractivity contribution >= 4 is 35.6 Å². The number of nitrogens with one attached hydrogen (secondary N) is 3. The lowest BCUT2D eigenvalue weighted by molar-refractivity contribution is -0.186. The molecule has 1 aliphatic rings. The van der Waals surface area contributed by atoms with E-state index in [1.165, 1.54) is 0 Å². The molecule has 3 N–H and O–H groups in total. The number of esters is 3. The number of benzene rings is 1.